The van der Waals surface area contributed by atoms with Crippen molar-refractivity contribution in [1.29, 1.82) is 0 Å². The Morgan fingerprint density at radius 3 is 2.40 bits per heavy atom. The van der Waals surface area contributed by atoms with E-state index in [9.17, 15) is 29.1 Å². The first-order valence-corrected chi connectivity index (χ1v) is 15.1. The summed E-state index contributed by atoms with van der Waals surface area (Å²) in [6.45, 7) is 2.61. The molecule has 2 aliphatic heterocycles. The summed E-state index contributed by atoms with van der Waals surface area (Å²) in [4.78, 5) is 68.6. The van der Waals surface area contributed by atoms with Crippen LogP contribution in [0.4, 0.5) is 0 Å². The Morgan fingerprint density at radius 1 is 1.02 bits per heavy atom. The van der Waals surface area contributed by atoms with Gasteiger partial charge in [0.25, 0.3) is 5.91 Å². The Balaban J connectivity index is 1.26. The van der Waals surface area contributed by atoms with Crippen LogP contribution in [0.2, 0.25) is 0 Å². The monoisotopic (exact) mass is 579 g/mol. The molecular formula is C31H41N5O6. The van der Waals surface area contributed by atoms with E-state index in [-0.39, 0.29) is 24.2 Å². The molecule has 1 saturated carbocycles. The predicted octanol–water partition coefficient (Wildman–Crippen LogP) is 2.71. The number of carbonyl (C=O) groups is 5. The minimum atomic E-state index is -1.28. The molecule has 4 amide bonds. The molecule has 5 N–H and O–H groups in total. The second kappa shape index (κ2) is 12.5. The largest absolute Gasteiger partial charge is 0.480 e. The van der Waals surface area contributed by atoms with E-state index in [1.807, 2.05) is 24.3 Å². The van der Waals surface area contributed by atoms with Gasteiger partial charge in [0.1, 0.15) is 17.8 Å². The fraction of sp³-hybridized carbons (Fsp3) is 0.581. The van der Waals surface area contributed by atoms with Crippen molar-refractivity contribution in [3.05, 3.63) is 36.0 Å². The zero-order valence-corrected chi connectivity index (χ0v) is 24.1. The van der Waals surface area contributed by atoms with Gasteiger partial charge in [0.05, 0.1) is 0 Å². The summed E-state index contributed by atoms with van der Waals surface area (Å²) < 4.78 is 0. The van der Waals surface area contributed by atoms with Crippen LogP contribution in [0, 0.1) is 11.8 Å². The summed E-state index contributed by atoms with van der Waals surface area (Å²) in [5.41, 5.74) is 0.676. The number of aromatic amines is 1. The van der Waals surface area contributed by atoms with Gasteiger partial charge in [-0.3, -0.25) is 19.2 Å². The number of nitrogens with one attached hydrogen (secondary N) is 4. The van der Waals surface area contributed by atoms with Crippen molar-refractivity contribution in [2.45, 2.75) is 88.8 Å². The van der Waals surface area contributed by atoms with Crippen LogP contribution in [-0.2, 0) is 19.2 Å². The van der Waals surface area contributed by atoms with Gasteiger partial charge in [-0.1, -0.05) is 50.3 Å². The smallest absolute Gasteiger partial charge is 0.326 e. The standard InChI is InChI=1S/C31H41N5O6/c1-19(37)36-13-11-31(12-14-36)18-22(27(38)35-31)17-26(30(41)42)34-28(39)24(15-20-7-3-2-4-8-20)33-29(40)25-16-21-9-5-6-10-23(21)32-25/h5-6,9-10,16,20,22,24,26,32H,2-4,7-8,11-15,17-18H2,1H3,(H,33,40)(H,34,39)(H,35,38)(H,41,42)/t22-,24?,26?/m1/s1. The van der Waals surface area contributed by atoms with E-state index in [4.69, 9.17) is 0 Å². The van der Waals surface area contributed by atoms with Crippen LogP contribution in [0.25, 0.3) is 10.9 Å². The number of hydrogen-bond donors (Lipinski definition) is 5. The molecule has 2 saturated heterocycles. The normalized spacial score (nSPS) is 22.0. The lowest BCUT2D eigenvalue weighted by atomic mass is 9.82. The Hall–Kier alpha value is -3.89. The maximum absolute atomic E-state index is 13.6. The van der Waals surface area contributed by atoms with Crippen LogP contribution in [0.15, 0.2) is 30.3 Å². The van der Waals surface area contributed by atoms with Crippen LogP contribution in [0.1, 0.15) is 81.6 Å². The third-order valence-corrected chi connectivity index (χ3v) is 9.39. The van der Waals surface area contributed by atoms with E-state index in [2.05, 4.69) is 20.9 Å². The maximum Gasteiger partial charge on any atom is 0.326 e. The van der Waals surface area contributed by atoms with E-state index < -0.39 is 41.3 Å². The van der Waals surface area contributed by atoms with E-state index in [0.717, 1.165) is 43.0 Å². The molecule has 2 aromatic rings. The second-order valence-corrected chi connectivity index (χ2v) is 12.3. The van der Waals surface area contributed by atoms with Crippen LogP contribution < -0.4 is 16.0 Å². The summed E-state index contributed by atoms with van der Waals surface area (Å²) >= 11 is 0. The van der Waals surface area contributed by atoms with Gasteiger partial charge in [-0.2, -0.15) is 0 Å². The van der Waals surface area contributed by atoms with Gasteiger partial charge in [0.2, 0.25) is 17.7 Å². The number of benzene rings is 1. The fourth-order valence-electron chi connectivity index (χ4n) is 6.95. The molecule has 1 aromatic heterocycles. The Kier molecular flexibility index (Phi) is 8.84. The van der Waals surface area contributed by atoms with E-state index in [1.165, 1.54) is 6.92 Å². The van der Waals surface area contributed by atoms with Crippen LogP contribution in [-0.4, -0.2) is 75.3 Å². The van der Waals surface area contributed by atoms with Crippen molar-refractivity contribution < 1.29 is 29.1 Å². The minimum absolute atomic E-state index is 0.00112. The van der Waals surface area contributed by atoms with Crippen molar-refractivity contribution in [2.75, 3.05) is 13.1 Å². The highest BCUT2D eigenvalue weighted by Crippen LogP contribution is 2.36. The molecule has 11 heteroatoms. The zero-order valence-electron chi connectivity index (χ0n) is 24.1. The molecule has 3 fully saturated rings. The number of aromatic nitrogens is 1. The van der Waals surface area contributed by atoms with E-state index in [0.29, 0.717) is 44.5 Å². The molecule has 226 valence electrons. The first kappa shape index (κ1) is 29.6. The number of H-pyrrole nitrogens is 1. The zero-order chi connectivity index (χ0) is 29.9. The molecule has 3 atom stereocenters. The SMILES string of the molecule is CC(=O)N1CCC2(CC1)C[C@@H](CC(NC(=O)C(CC1CCCCC1)NC(=O)c1cc3ccccc3[nH]1)C(=O)O)C(=O)N2. The highest BCUT2D eigenvalue weighted by atomic mass is 16.4. The summed E-state index contributed by atoms with van der Waals surface area (Å²) in [5.74, 6) is -2.75. The molecule has 3 heterocycles. The van der Waals surface area contributed by atoms with E-state index in [1.54, 1.807) is 11.0 Å². The van der Waals surface area contributed by atoms with E-state index >= 15 is 0 Å². The van der Waals surface area contributed by atoms with Gasteiger partial charge in [0.15, 0.2) is 0 Å². The number of fused-ring (bicyclic) bond motifs is 1. The number of rotatable bonds is 9. The van der Waals surface area contributed by atoms with Crippen LogP contribution >= 0.6 is 0 Å². The number of piperidine rings is 1. The molecule has 0 radical (unpaired) electrons. The maximum atomic E-state index is 13.6. The molecule has 42 heavy (non-hydrogen) atoms. The van der Waals surface area contributed by atoms with Gasteiger partial charge in [0, 0.05) is 42.4 Å². The number of carbonyl (C=O) groups excluding carboxylic acids is 4. The summed E-state index contributed by atoms with van der Waals surface area (Å²) in [5, 5.41) is 19.5. The Morgan fingerprint density at radius 2 is 1.74 bits per heavy atom. The Bertz CT molecular complexity index is 1310. The second-order valence-electron chi connectivity index (χ2n) is 12.3. The van der Waals surface area contributed by atoms with Crippen molar-refractivity contribution >= 4 is 40.5 Å². The molecule has 2 unspecified atom stereocenters. The quantitative estimate of drug-likeness (QED) is 0.307. The molecule has 1 aromatic carbocycles. The topological polar surface area (TPSA) is 161 Å². The lowest BCUT2D eigenvalue weighted by molar-refractivity contribution is -0.143. The molecule has 1 spiro atoms. The molecule has 5 rings (SSSR count). The highest BCUT2D eigenvalue weighted by molar-refractivity contribution is 6.00. The molecule has 1 aliphatic carbocycles. The van der Waals surface area contributed by atoms with Crippen molar-refractivity contribution in [2.24, 2.45) is 11.8 Å². The molecular weight excluding hydrogens is 538 g/mol. The number of para-hydroxylation sites is 1. The average molecular weight is 580 g/mol. The first-order valence-electron chi connectivity index (χ1n) is 15.1. The molecule has 3 aliphatic rings. The number of likely N-dealkylation sites (tertiary alicyclic amines) is 1. The lowest BCUT2D eigenvalue weighted by Crippen LogP contribution is -2.53. The van der Waals surface area contributed by atoms with Gasteiger partial charge >= 0.3 is 5.97 Å². The summed E-state index contributed by atoms with van der Waals surface area (Å²) in [7, 11) is 0. The number of hydrogen-bond acceptors (Lipinski definition) is 5. The van der Waals surface area contributed by atoms with Crippen molar-refractivity contribution in [3.8, 4) is 0 Å². The van der Waals surface area contributed by atoms with Crippen molar-refractivity contribution in [3.63, 3.8) is 0 Å². The lowest BCUT2D eigenvalue weighted by Gasteiger charge is -2.39. The molecule has 0 bridgehead atoms. The fourth-order valence-corrected chi connectivity index (χ4v) is 6.95. The average Bonchev–Trinajstić information content (AvgIpc) is 3.53. The van der Waals surface area contributed by atoms with Gasteiger partial charge in [-0.05, 0) is 50.2 Å². The number of carboxylic acid groups (broad SMARTS) is 1. The van der Waals surface area contributed by atoms with Gasteiger partial charge < -0.3 is 30.9 Å². The van der Waals surface area contributed by atoms with Crippen LogP contribution in [0.5, 0.6) is 0 Å². The number of aliphatic carboxylic acids is 1. The predicted molar refractivity (Wildman–Crippen MR) is 155 cm³/mol. The first-order chi connectivity index (χ1) is 20.1. The summed E-state index contributed by atoms with van der Waals surface area (Å²) in [6, 6.07) is 7.05. The third-order valence-electron chi connectivity index (χ3n) is 9.39. The minimum Gasteiger partial charge on any atom is -0.480 e. The summed E-state index contributed by atoms with van der Waals surface area (Å²) in [6.07, 6.45) is 7.25. The van der Waals surface area contributed by atoms with Gasteiger partial charge in [-0.15, -0.1) is 0 Å². The van der Waals surface area contributed by atoms with Crippen LogP contribution in [0.3, 0.4) is 0 Å². The third kappa shape index (κ3) is 6.77. The molecule has 11 nitrogen and oxygen atoms in total. The van der Waals surface area contributed by atoms with Crippen molar-refractivity contribution in [1.82, 2.24) is 25.8 Å². The number of nitrogens with zero attached hydrogens (tertiary/aromatic N) is 1. The number of amides is 4. The van der Waals surface area contributed by atoms with Gasteiger partial charge in [-0.25, -0.2) is 4.79 Å². The Labute approximate surface area is 245 Å². The number of carboxylic acids is 1. The highest BCUT2D eigenvalue weighted by Gasteiger charge is 2.47.